The lowest BCUT2D eigenvalue weighted by Gasteiger charge is -2.24. The van der Waals surface area contributed by atoms with E-state index in [0.717, 1.165) is 55.7 Å². The van der Waals surface area contributed by atoms with Gasteiger partial charge in [-0.2, -0.15) is 18.2 Å². The number of amides is 1. The average molecular weight is 526 g/mol. The fourth-order valence-corrected chi connectivity index (χ4v) is 5.41. The molecule has 0 aliphatic carbocycles. The summed E-state index contributed by atoms with van der Waals surface area (Å²) in [6, 6.07) is 3.12. The highest BCUT2D eigenvalue weighted by molar-refractivity contribution is 7.09. The third-order valence-electron chi connectivity index (χ3n) is 6.47. The minimum atomic E-state index is -4.58. The van der Waals surface area contributed by atoms with Crippen molar-refractivity contribution < 1.29 is 27.4 Å². The summed E-state index contributed by atoms with van der Waals surface area (Å²) in [6.45, 7) is 8.60. The number of rotatable bonds is 6. The lowest BCUT2D eigenvalue weighted by atomic mass is 9.95. The molecule has 6 nitrogen and oxygen atoms in total. The summed E-state index contributed by atoms with van der Waals surface area (Å²) in [5.41, 5.74) is -1.26. The molecule has 0 radical (unpaired) electrons. The van der Waals surface area contributed by atoms with Gasteiger partial charge in [-0.05, 0) is 55.8 Å². The van der Waals surface area contributed by atoms with Crippen LogP contribution < -0.4 is 14.9 Å². The van der Waals surface area contributed by atoms with Gasteiger partial charge in [0.1, 0.15) is 12.4 Å². The Morgan fingerprint density at radius 2 is 2.03 bits per heavy atom. The number of hydrogen-bond acceptors (Lipinski definition) is 5. The van der Waals surface area contributed by atoms with Crippen molar-refractivity contribution in [1.29, 1.82) is 0 Å². The Morgan fingerprint density at radius 1 is 1.22 bits per heavy atom. The number of halogens is 3. The van der Waals surface area contributed by atoms with Crippen LogP contribution in [0.2, 0.25) is 0 Å². The zero-order valence-corrected chi connectivity index (χ0v) is 21.8. The molecule has 3 heterocycles. The molecule has 0 bridgehead atoms. The minimum Gasteiger partial charge on any atom is -0.491 e. The topological polar surface area (TPSA) is 64.9 Å². The summed E-state index contributed by atoms with van der Waals surface area (Å²) < 4.78 is 54.0. The molecule has 1 amide bonds. The minimum absolute atomic E-state index is 0.0249. The number of piperidine rings is 1. The quantitative estimate of drug-likeness (QED) is 0.556. The Labute approximate surface area is 213 Å². The van der Waals surface area contributed by atoms with Crippen LogP contribution in [0.25, 0.3) is 0 Å². The van der Waals surface area contributed by atoms with Crippen molar-refractivity contribution in [3.63, 3.8) is 0 Å². The summed E-state index contributed by atoms with van der Waals surface area (Å²) in [7, 11) is 0. The van der Waals surface area contributed by atoms with Crippen LogP contribution in [0.15, 0.2) is 29.4 Å². The largest absolute Gasteiger partial charge is 0.491 e. The Bertz CT molecular complexity index is 1120. The average Bonchev–Trinajstić information content (AvgIpc) is 3.48. The van der Waals surface area contributed by atoms with Gasteiger partial charge in [0.25, 0.3) is 5.91 Å². The van der Waals surface area contributed by atoms with Crippen LogP contribution in [-0.4, -0.2) is 42.4 Å². The highest BCUT2D eigenvalue weighted by atomic mass is 32.1. The van der Waals surface area contributed by atoms with Crippen molar-refractivity contribution in [3.8, 4) is 5.75 Å². The van der Waals surface area contributed by atoms with E-state index in [4.69, 9.17) is 9.47 Å². The first kappa shape index (κ1) is 26.9. The Morgan fingerprint density at radius 3 is 2.67 bits per heavy atom. The van der Waals surface area contributed by atoms with Crippen molar-refractivity contribution in [2.75, 3.05) is 19.8 Å². The molecular weight excluding hydrogens is 491 g/mol. The summed E-state index contributed by atoms with van der Waals surface area (Å²) in [6.07, 6.45) is 2.38. The van der Waals surface area contributed by atoms with Crippen molar-refractivity contribution in [1.82, 2.24) is 9.88 Å². The second-order valence-corrected chi connectivity index (χ2v) is 11.5. The number of nitrogens with one attached hydrogen (secondary N) is 1. The molecule has 1 aromatic carbocycles. The molecule has 4 rings (SSSR count). The number of aromatic nitrogens is 1. The Balaban J connectivity index is 1.68. The van der Waals surface area contributed by atoms with E-state index >= 15 is 0 Å². The maximum atomic E-state index is 13.5. The molecule has 2 atom stereocenters. The van der Waals surface area contributed by atoms with Gasteiger partial charge in [-0.25, -0.2) is 0 Å². The molecule has 10 heteroatoms. The number of hydrogen-bond donors (Lipinski definition) is 1. The van der Waals surface area contributed by atoms with Crippen molar-refractivity contribution in [2.24, 2.45) is 4.99 Å². The number of nitrogens with zero attached hydrogens (tertiary/aromatic N) is 2. The number of benzene rings is 1. The highest BCUT2D eigenvalue weighted by Crippen LogP contribution is 2.33. The fraction of sp³-hybridized carbons (Fsp3) is 0.615. The fourth-order valence-electron chi connectivity index (χ4n) is 4.36. The standard InChI is InChI=1S/C26H34F3N3O3S/c1-25(2,3)22-15-32(14-19-8-6-12-34-19)24(36-22)31-23(33)20-13-17(26(27,28)29)9-10-21(20)35-16-18-7-4-5-11-30-18/h9-10,13,15,18-19,30H,4-8,11-12,14,16H2,1-3H3/b31-24-/t18-,19-/m1/s1. The molecule has 198 valence electrons. The predicted molar refractivity (Wildman–Crippen MR) is 132 cm³/mol. The van der Waals surface area contributed by atoms with Crippen LogP contribution in [0, 0.1) is 0 Å². The van der Waals surface area contributed by atoms with Crippen molar-refractivity contribution in [3.05, 3.63) is 45.2 Å². The Hall–Kier alpha value is -2.17. The van der Waals surface area contributed by atoms with E-state index in [2.05, 4.69) is 31.1 Å². The van der Waals surface area contributed by atoms with Gasteiger partial charge >= 0.3 is 6.18 Å². The summed E-state index contributed by atoms with van der Waals surface area (Å²) in [5.74, 6) is -0.640. The molecule has 2 aliphatic heterocycles. The number of alkyl halides is 3. The van der Waals surface area contributed by atoms with Crippen LogP contribution >= 0.6 is 11.3 Å². The van der Waals surface area contributed by atoms with E-state index in [1.54, 1.807) is 0 Å². The second kappa shape index (κ2) is 11.1. The van der Waals surface area contributed by atoms with Crippen LogP contribution in [0.1, 0.15) is 73.7 Å². The van der Waals surface area contributed by atoms with E-state index in [0.29, 0.717) is 18.0 Å². The molecule has 2 fully saturated rings. The van der Waals surface area contributed by atoms with E-state index in [1.165, 1.54) is 17.4 Å². The van der Waals surface area contributed by atoms with Crippen LogP contribution in [-0.2, 0) is 22.9 Å². The first-order chi connectivity index (χ1) is 17.0. The van der Waals surface area contributed by atoms with E-state index in [9.17, 15) is 18.0 Å². The highest BCUT2D eigenvalue weighted by Gasteiger charge is 2.32. The molecule has 2 saturated heterocycles. The number of carbonyl (C=O) groups excluding carboxylic acids is 1. The van der Waals surface area contributed by atoms with Gasteiger partial charge in [0.15, 0.2) is 4.80 Å². The lowest BCUT2D eigenvalue weighted by Crippen LogP contribution is -2.38. The SMILES string of the molecule is CC(C)(C)c1cn(C[C@H]2CCCO2)/c(=N/C(=O)c2cc(C(F)(F)F)ccc2OC[C@H]2CCCCN2)s1. The molecule has 36 heavy (non-hydrogen) atoms. The van der Waals surface area contributed by atoms with Gasteiger partial charge in [0.05, 0.1) is 23.8 Å². The molecule has 1 aromatic heterocycles. The van der Waals surface area contributed by atoms with Gasteiger partial charge in [-0.15, -0.1) is 11.3 Å². The summed E-state index contributed by atoms with van der Waals surface area (Å²) in [4.78, 5) is 19.1. The van der Waals surface area contributed by atoms with Gasteiger partial charge < -0.3 is 19.4 Å². The molecule has 0 unspecified atom stereocenters. The van der Waals surface area contributed by atoms with Crippen LogP contribution in [0.3, 0.4) is 0 Å². The van der Waals surface area contributed by atoms with E-state index < -0.39 is 17.6 Å². The van der Waals surface area contributed by atoms with E-state index in [-0.39, 0.29) is 35.5 Å². The van der Waals surface area contributed by atoms with Crippen molar-refractivity contribution in [2.45, 2.75) is 83.2 Å². The second-order valence-electron chi connectivity index (χ2n) is 10.5. The molecule has 0 spiro atoms. The molecule has 0 saturated carbocycles. The lowest BCUT2D eigenvalue weighted by molar-refractivity contribution is -0.137. The summed E-state index contributed by atoms with van der Waals surface area (Å²) >= 11 is 1.37. The molecule has 1 N–H and O–H groups in total. The first-order valence-corrected chi connectivity index (χ1v) is 13.3. The number of carbonyl (C=O) groups is 1. The Kier molecular flexibility index (Phi) is 8.26. The van der Waals surface area contributed by atoms with Gasteiger partial charge in [0.2, 0.25) is 0 Å². The van der Waals surface area contributed by atoms with Gasteiger partial charge in [-0.1, -0.05) is 27.2 Å². The van der Waals surface area contributed by atoms with Gasteiger partial charge in [0, 0.05) is 23.7 Å². The molecule has 2 aliphatic rings. The van der Waals surface area contributed by atoms with Crippen molar-refractivity contribution >= 4 is 17.2 Å². The predicted octanol–water partition coefficient (Wildman–Crippen LogP) is 5.31. The number of thiazole rings is 1. The van der Waals surface area contributed by atoms with Crippen LogP contribution in [0.5, 0.6) is 5.75 Å². The third-order valence-corrected chi connectivity index (χ3v) is 7.92. The maximum absolute atomic E-state index is 13.5. The zero-order valence-electron chi connectivity index (χ0n) is 21.0. The monoisotopic (exact) mass is 525 g/mol. The normalized spacial score (nSPS) is 21.7. The smallest absolute Gasteiger partial charge is 0.416 e. The number of ether oxygens (including phenoxy) is 2. The van der Waals surface area contributed by atoms with Gasteiger partial charge in [-0.3, -0.25) is 4.79 Å². The zero-order chi connectivity index (χ0) is 25.9. The third kappa shape index (κ3) is 6.77. The molecule has 2 aromatic rings. The molecular formula is C26H34F3N3O3S. The maximum Gasteiger partial charge on any atom is 0.416 e. The van der Waals surface area contributed by atoms with Crippen LogP contribution in [0.4, 0.5) is 13.2 Å². The first-order valence-electron chi connectivity index (χ1n) is 12.5. The van der Waals surface area contributed by atoms with E-state index in [1.807, 2.05) is 10.8 Å². The summed E-state index contributed by atoms with van der Waals surface area (Å²) in [5, 5.41) is 3.35.